The minimum absolute atomic E-state index is 0.0915. The maximum Gasteiger partial charge on any atom is 0.416 e. The highest BCUT2D eigenvalue weighted by Crippen LogP contribution is 2.32. The van der Waals surface area contributed by atoms with Gasteiger partial charge in [-0.05, 0) is 56.0 Å². The number of likely N-dealkylation sites (tertiary alicyclic amines) is 1. The molecular formula is C20H23F3N4O. The molecule has 1 aliphatic rings. The van der Waals surface area contributed by atoms with Gasteiger partial charge in [-0.1, -0.05) is 6.07 Å². The van der Waals surface area contributed by atoms with Crippen molar-refractivity contribution in [2.24, 2.45) is 11.7 Å². The number of nitrogens with two attached hydrogens (primary N) is 1. The third-order valence-corrected chi connectivity index (χ3v) is 5.06. The van der Waals surface area contributed by atoms with Crippen LogP contribution in [0.2, 0.25) is 0 Å². The second-order valence-electron chi connectivity index (χ2n) is 7.09. The number of nitrogens with one attached hydrogen (secondary N) is 1. The van der Waals surface area contributed by atoms with Gasteiger partial charge in [0.25, 0.3) is 5.91 Å². The molecule has 0 saturated carbocycles. The van der Waals surface area contributed by atoms with Crippen LogP contribution in [0, 0.1) is 5.92 Å². The number of benzene rings is 1. The molecule has 3 N–H and O–H groups in total. The number of hydrogen-bond donors (Lipinski definition) is 2. The Bertz CT molecular complexity index is 830. The highest BCUT2D eigenvalue weighted by molar-refractivity contribution is 5.99. The van der Waals surface area contributed by atoms with E-state index in [1.54, 1.807) is 17.0 Å². The van der Waals surface area contributed by atoms with Crippen molar-refractivity contribution in [3.05, 3.63) is 53.7 Å². The number of hydrogen-bond acceptors (Lipinski definition) is 4. The lowest BCUT2D eigenvalue weighted by molar-refractivity contribution is -0.137. The van der Waals surface area contributed by atoms with E-state index in [1.165, 1.54) is 18.3 Å². The third-order valence-electron chi connectivity index (χ3n) is 5.06. The first-order chi connectivity index (χ1) is 13.3. The molecule has 0 bridgehead atoms. The van der Waals surface area contributed by atoms with Gasteiger partial charge in [0.05, 0.1) is 11.1 Å². The van der Waals surface area contributed by atoms with Crippen molar-refractivity contribution in [1.82, 2.24) is 9.88 Å². The molecule has 2 aromatic rings. The average molecular weight is 392 g/mol. The van der Waals surface area contributed by atoms with E-state index >= 15 is 0 Å². The lowest BCUT2D eigenvalue weighted by atomic mass is 9.90. The van der Waals surface area contributed by atoms with Crippen LogP contribution in [0.1, 0.15) is 35.7 Å². The van der Waals surface area contributed by atoms with Crippen molar-refractivity contribution < 1.29 is 18.0 Å². The summed E-state index contributed by atoms with van der Waals surface area (Å²) in [6, 6.07) is 8.17. The molecule has 1 amide bonds. The molecule has 1 fully saturated rings. The van der Waals surface area contributed by atoms with Crippen LogP contribution in [0.15, 0.2) is 42.6 Å². The van der Waals surface area contributed by atoms with Gasteiger partial charge in [-0.25, -0.2) is 4.98 Å². The molecule has 2 heterocycles. The first-order valence-corrected chi connectivity index (χ1v) is 9.20. The number of aromatic nitrogens is 1. The number of amides is 1. The van der Waals surface area contributed by atoms with Gasteiger partial charge < -0.3 is 16.0 Å². The highest BCUT2D eigenvalue weighted by atomic mass is 19.4. The average Bonchev–Trinajstić information content (AvgIpc) is 2.67. The van der Waals surface area contributed by atoms with E-state index in [4.69, 9.17) is 5.73 Å². The van der Waals surface area contributed by atoms with Gasteiger partial charge in [0.2, 0.25) is 0 Å². The van der Waals surface area contributed by atoms with Crippen LogP contribution in [-0.2, 0) is 6.18 Å². The predicted octanol–water partition coefficient (Wildman–Crippen LogP) is 4.04. The van der Waals surface area contributed by atoms with Crippen LogP contribution in [-0.4, -0.2) is 34.9 Å². The van der Waals surface area contributed by atoms with Crippen LogP contribution in [0.3, 0.4) is 0 Å². The number of piperidine rings is 1. The first kappa shape index (κ1) is 20.1. The molecule has 3 rings (SSSR count). The van der Waals surface area contributed by atoms with E-state index < -0.39 is 11.7 Å². The summed E-state index contributed by atoms with van der Waals surface area (Å²) in [7, 11) is 0. The fourth-order valence-corrected chi connectivity index (χ4v) is 3.39. The Kier molecular flexibility index (Phi) is 5.88. The molecule has 1 aliphatic heterocycles. The van der Waals surface area contributed by atoms with Crippen LogP contribution in [0.4, 0.5) is 24.7 Å². The monoisotopic (exact) mass is 392 g/mol. The highest BCUT2D eigenvalue weighted by Gasteiger charge is 2.31. The fraction of sp³-hybridized carbons (Fsp3) is 0.400. The molecule has 0 spiro atoms. The molecule has 1 aromatic carbocycles. The van der Waals surface area contributed by atoms with Gasteiger partial charge >= 0.3 is 6.18 Å². The second-order valence-corrected chi connectivity index (χ2v) is 7.09. The second kappa shape index (κ2) is 8.18. The van der Waals surface area contributed by atoms with Gasteiger partial charge in [-0.2, -0.15) is 13.2 Å². The topological polar surface area (TPSA) is 71.2 Å². The maximum atomic E-state index is 12.9. The van der Waals surface area contributed by atoms with Gasteiger partial charge in [0.15, 0.2) is 0 Å². The molecule has 5 nitrogen and oxygen atoms in total. The van der Waals surface area contributed by atoms with Crippen molar-refractivity contribution in [3.8, 4) is 0 Å². The summed E-state index contributed by atoms with van der Waals surface area (Å²) in [5.74, 6) is 0.437. The lowest BCUT2D eigenvalue weighted by Crippen LogP contribution is -2.42. The van der Waals surface area contributed by atoms with Crippen LogP contribution < -0.4 is 11.1 Å². The summed E-state index contributed by atoms with van der Waals surface area (Å²) in [6.45, 7) is 3.17. The van der Waals surface area contributed by atoms with Gasteiger partial charge in [-0.15, -0.1) is 0 Å². The summed E-state index contributed by atoms with van der Waals surface area (Å²) >= 11 is 0. The quantitative estimate of drug-likeness (QED) is 0.824. The van der Waals surface area contributed by atoms with E-state index in [9.17, 15) is 18.0 Å². The standard InChI is InChI=1S/C20H23F3N4O/c1-13(24)14-7-10-27(11-8-14)19(28)17-6-3-9-25-18(17)26-16-5-2-4-15(12-16)20(21,22)23/h2-6,9,12-14H,7-8,10-11,24H2,1H3,(H,25,26). The fourth-order valence-electron chi connectivity index (χ4n) is 3.39. The van der Waals surface area contributed by atoms with Gasteiger partial charge in [0.1, 0.15) is 5.82 Å². The van der Waals surface area contributed by atoms with Gasteiger partial charge in [0, 0.05) is 31.0 Å². The Morgan fingerprint density at radius 1 is 1.25 bits per heavy atom. The normalized spacial score (nSPS) is 16.7. The minimum Gasteiger partial charge on any atom is -0.340 e. The zero-order valence-corrected chi connectivity index (χ0v) is 15.5. The summed E-state index contributed by atoms with van der Waals surface area (Å²) < 4.78 is 38.8. The number of carbonyl (C=O) groups is 1. The van der Waals surface area contributed by atoms with E-state index in [0.29, 0.717) is 24.6 Å². The summed E-state index contributed by atoms with van der Waals surface area (Å²) in [4.78, 5) is 18.9. The van der Waals surface area contributed by atoms with E-state index in [1.807, 2.05) is 6.92 Å². The number of carbonyl (C=O) groups excluding carboxylic acids is 1. The number of nitrogens with zero attached hydrogens (tertiary/aromatic N) is 2. The molecule has 150 valence electrons. The number of pyridine rings is 1. The smallest absolute Gasteiger partial charge is 0.340 e. The molecule has 8 heteroatoms. The maximum absolute atomic E-state index is 12.9. The first-order valence-electron chi connectivity index (χ1n) is 9.20. The summed E-state index contributed by atoms with van der Waals surface area (Å²) in [5, 5.41) is 2.85. The van der Waals surface area contributed by atoms with Crippen molar-refractivity contribution in [1.29, 1.82) is 0 Å². The zero-order valence-electron chi connectivity index (χ0n) is 15.5. The zero-order chi connectivity index (χ0) is 20.3. The lowest BCUT2D eigenvalue weighted by Gasteiger charge is -2.34. The number of rotatable bonds is 4. The predicted molar refractivity (Wildman–Crippen MR) is 101 cm³/mol. The third kappa shape index (κ3) is 4.62. The van der Waals surface area contributed by atoms with Gasteiger partial charge in [-0.3, -0.25) is 4.79 Å². The minimum atomic E-state index is -4.44. The van der Waals surface area contributed by atoms with E-state index in [0.717, 1.165) is 25.0 Å². The molecule has 0 radical (unpaired) electrons. The molecule has 28 heavy (non-hydrogen) atoms. The molecule has 1 atom stereocenters. The molecule has 0 aliphatic carbocycles. The van der Waals surface area contributed by atoms with Crippen LogP contribution in [0.5, 0.6) is 0 Å². The SMILES string of the molecule is CC(N)C1CCN(C(=O)c2cccnc2Nc2cccc(C(F)(F)F)c2)CC1. The Morgan fingerprint density at radius 3 is 2.61 bits per heavy atom. The molecule has 1 aromatic heterocycles. The number of halogens is 3. The van der Waals surface area contributed by atoms with Crippen molar-refractivity contribution >= 4 is 17.4 Å². The molecular weight excluding hydrogens is 369 g/mol. The number of anilines is 2. The summed E-state index contributed by atoms with van der Waals surface area (Å²) in [5.41, 5.74) is 5.74. The molecule has 1 unspecified atom stereocenters. The number of alkyl halides is 3. The van der Waals surface area contributed by atoms with Crippen LogP contribution in [0.25, 0.3) is 0 Å². The Labute approximate surface area is 161 Å². The summed E-state index contributed by atoms with van der Waals surface area (Å²) in [6.07, 6.45) is -1.28. The largest absolute Gasteiger partial charge is 0.416 e. The Balaban J connectivity index is 1.78. The van der Waals surface area contributed by atoms with Crippen LogP contribution >= 0.6 is 0 Å². The van der Waals surface area contributed by atoms with E-state index in [2.05, 4.69) is 10.3 Å². The van der Waals surface area contributed by atoms with Crippen molar-refractivity contribution in [2.75, 3.05) is 18.4 Å². The Morgan fingerprint density at radius 2 is 1.96 bits per heavy atom. The molecule has 1 saturated heterocycles. The Hall–Kier alpha value is -2.61. The van der Waals surface area contributed by atoms with Crippen molar-refractivity contribution in [3.63, 3.8) is 0 Å². The van der Waals surface area contributed by atoms with Crippen molar-refractivity contribution in [2.45, 2.75) is 32.0 Å². The van der Waals surface area contributed by atoms with E-state index in [-0.39, 0.29) is 23.5 Å².